The highest BCUT2D eigenvalue weighted by atomic mass is 16.6. The molecule has 4 N–H and O–H groups in total. The van der Waals surface area contributed by atoms with Crippen LogP contribution in [0.4, 0.5) is 17.1 Å². The molecule has 0 aliphatic rings. The summed E-state index contributed by atoms with van der Waals surface area (Å²) in [5, 5.41) is 11.1. The van der Waals surface area contributed by atoms with Crippen LogP contribution in [0.1, 0.15) is 5.56 Å². The lowest BCUT2D eigenvalue weighted by Gasteiger charge is -2.23. The third-order valence-electron chi connectivity index (χ3n) is 3.46. The van der Waals surface area contributed by atoms with Crippen molar-refractivity contribution in [3.05, 3.63) is 64.2 Å². The molecule has 0 amide bonds. The summed E-state index contributed by atoms with van der Waals surface area (Å²) < 4.78 is 0. The van der Waals surface area contributed by atoms with Crippen LogP contribution in [0.2, 0.25) is 0 Å². The second-order valence-corrected chi connectivity index (χ2v) is 5.34. The van der Waals surface area contributed by atoms with Gasteiger partial charge in [-0.2, -0.15) is 0 Å². The smallest absolute Gasteiger partial charge is 0.294 e. The van der Waals surface area contributed by atoms with E-state index in [1.807, 2.05) is 30.3 Å². The molecule has 0 spiro atoms. The largest absolute Gasteiger partial charge is 0.399 e. The van der Waals surface area contributed by atoms with E-state index in [1.165, 1.54) is 6.07 Å². The molecule has 0 aliphatic heterocycles. The number of likely N-dealkylation sites (N-methyl/N-ethyl adjacent to an activating group) is 1. The van der Waals surface area contributed by atoms with Gasteiger partial charge in [-0.05, 0) is 24.1 Å². The summed E-state index contributed by atoms with van der Waals surface area (Å²) in [7, 11) is 1.80. The average Bonchev–Trinajstić information content (AvgIpc) is 2.47. The number of anilines is 2. The Bertz CT molecular complexity index is 646. The van der Waals surface area contributed by atoms with E-state index in [2.05, 4.69) is 0 Å². The van der Waals surface area contributed by atoms with E-state index in [0.717, 1.165) is 5.56 Å². The van der Waals surface area contributed by atoms with Crippen molar-refractivity contribution in [1.82, 2.24) is 0 Å². The number of hydrogen-bond acceptors (Lipinski definition) is 5. The van der Waals surface area contributed by atoms with E-state index >= 15 is 0 Å². The van der Waals surface area contributed by atoms with E-state index < -0.39 is 4.92 Å². The SMILES string of the molecule is CN(CC(N)Cc1ccccc1)c1ccc(N)cc1[N+](=O)[O-]. The van der Waals surface area contributed by atoms with Crippen molar-refractivity contribution in [1.29, 1.82) is 0 Å². The number of nitro benzene ring substituents is 1. The molecule has 116 valence electrons. The van der Waals surface area contributed by atoms with Crippen molar-refractivity contribution in [3.63, 3.8) is 0 Å². The fourth-order valence-corrected chi connectivity index (χ4v) is 2.44. The predicted molar refractivity (Wildman–Crippen MR) is 88.9 cm³/mol. The zero-order valence-electron chi connectivity index (χ0n) is 12.5. The number of nitrogens with two attached hydrogens (primary N) is 2. The maximum Gasteiger partial charge on any atom is 0.294 e. The number of benzene rings is 2. The number of nitrogens with zero attached hydrogens (tertiary/aromatic N) is 2. The lowest BCUT2D eigenvalue weighted by atomic mass is 10.1. The molecule has 6 heteroatoms. The maximum absolute atomic E-state index is 11.1. The lowest BCUT2D eigenvalue weighted by Crippen LogP contribution is -2.37. The van der Waals surface area contributed by atoms with Crippen LogP contribution in [-0.2, 0) is 6.42 Å². The van der Waals surface area contributed by atoms with E-state index in [9.17, 15) is 10.1 Å². The Labute approximate surface area is 129 Å². The summed E-state index contributed by atoms with van der Waals surface area (Å²) >= 11 is 0. The Hall–Kier alpha value is -2.60. The van der Waals surface area contributed by atoms with Gasteiger partial charge in [0.2, 0.25) is 0 Å². The summed E-state index contributed by atoms with van der Waals surface area (Å²) in [6, 6.07) is 14.5. The molecular weight excluding hydrogens is 280 g/mol. The third-order valence-corrected chi connectivity index (χ3v) is 3.46. The highest BCUT2D eigenvalue weighted by Crippen LogP contribution is 2.29. The van der Waals surface area contributed by atoms with Crippen LogP contribution in [0.3, 0.4) is 0 Å². The van der Waals surface area contributed by atoms with Crippen LogP contribution in [0.25, 0.3) is 0 Å². The normalized spacial score (nSPS) is 11.9. The Morgan fingerprint density at radius 3 is 2.55 bits per heavy atom. The zero-order valence-corrected chi connectivity index (χ0v) is 12.5. The molecule has 0 saturated heterocycles. The number of hydrogen-bond donors (Lipinski definition) is 2. The second-order valence-electron chi connectivity index (χ2n) is 5.34. The van der Waals surface area contributed by atoms with Crippen molar-refractivity contribution in [2.45, 2.75) is 12.5 Å². The van der Waals surface area contributed by atoms with Gasteiger partial charge in [-0.25, -0.2) is 0 Å². The standard InChI is InChI=1S/C16H20N4O2/c1-19(11-14(18)9-12-5-3-2-4-6-12)15-8-7-13(17)10-16(15)20(21)22/h2-8,10,14H,9,11,17-18H2,1H3. The minimum atomic E-state index is -0.426. The monoisotopic (exact) mass is 300 g/mol. The molecule has 2 aromatic rings. The van der Waals surface area contributed by atoms with Crippen LogP contribution in [0.15, 0.2) is 48.5 Å². The van der Waals surface area contributed by atoms with E-state index in [1.54, 1.807) is 24.1 Å². The molecule has 0 heterocycles. The first-order valence-corrected chi connectivity index (χ1v) is 7.02. The Balaban J connectivity index is 2.09. The summed E-state index contributed by atoms with van der Waals surface area (Å²) in [4.78, 5) is 12.5. The molecule has 1 unspecified atom stereocenters. The quantitative estimate of drug-likeness (QED) is 0.484. The summed E-state index contributed by atoms with van der Waals surface area (Å²) in [6.45, 7) is 0.514. The second kappa shape index (κ2) is 6.91. The Morgan fingerprint density at radius 1 is 1.23 bits per heavy atom. The first-order chi connectivity index (χ1) is 10.5. The van der Waals surface area contributed by atoms with Gasteiger partial charge in [0, 0.05) is 31.4 Å². The van der Waals surface area contributed by atoms with Crippen molar-refractivity contribution >= 4 is 17.1 Å². The molecule has 0 bridgehead atoms. The molecule has 0 aliphatic carbocycles. The number of rotatable bonds is 6. The summed E-state index contributed by atoms with van der Waals surface area (Å²) in [6.07, 6.45) is 0.716. The molecule has 0 radical (unpaired) electrons. The first-order valence-electron chi connectivity index (χ1n) is 7.02. The molecule has 0 aromatic heterocycles. The lowest BCUT2D eigenvalue weighted by molar-refractivity contribution is -0.384. The average molecular weight is 300 g/mol. The number of nitro groups is 1. The summed E-state index contributed by atoms with van der Waals surface area (Å²) in [5.41, 5.74) is 13.8. The fraction of sp³-hybridized carbons (Fsp3) is 0.250. The van der Waals surface area contributed by atoms with Gasteiger partial charge in [0.05, 0.1) is 4.92 Å². The topological polar surface area (TPSA) is 98.4 Å². The molecule has 22 heavy (non-hydrogen) atoms. The van der Waals surface area contributed by atoms with Crippen LogP contribution < -0.4 is 16.4 Å². The molecule has 2 aromatic carbocycles. The van der Waals surface area contributed by atoms with Crippen LogP contribution >= 0.6 is 0 Å². The van der Waals surface area contributed by atoms with Gasteiger partial charge in [0.25, 0.3) is 5.69 Å². The molecule has 0 saturated carbocycles. The van der Waals surface area contributed by atoms with Crippen molar-refractivity contribution in [2.24, 2.45) is 5.73 Å². The van der Waals surface area contributed by atoms with E-state index in [4.69, 9.17) is 11.5 Å². The van der Waals surface area contributed by atoms with E-state index in [-0.39, 0.29) is 11.7 Å². The minimum Gasteiger partial charge on any atom is -0.399 e. The van der Waals surface area contributed by atoms with Gasteiger partial charge < -0.3 is 16.4 Å². The van der Waals surface area contributed by atoms with Gasteiger partial charge in [-0.15, -0.1) is 0 Å². The van der Waals surface area contributed by atoms with Crippen molar-refractivity contribution in [3.8, 4) is 0 Å². The number of nitrogen functional groups attached to an aromatic ring is 1. The highest BCUT2D eigenvalue weighted by molar-refractivity contribution is 5.67. The minimum absolute atomic E-state index is 0.00517. The van der Waals surface area contributed by atoms with Gasteiger partial charge in [-0.3, -0.25) is 10.1 Å². The van der Waals surface area contributed by atoms with Crippen LogP contribution in [0, 0.1) is 10.1 Å². The van der Waals surface area contributed by atoms with Crippen molar-refractivity contribution in [2.75, 3.05) is 24.2 Å². The third kappa shape index (κ3) is 3.95. The first kappa shape index (κ1) is 15.8. The highest BCUT2D eigenvalue weighted by Gasteiger charge is 2.19. The van der Waals surface area contributed by atoms with E-state index in [0.29, 0.717) is 24.3 Å². The molecular formula is C16H20N4O2. The molecule has 6 nitrogen and oxygen atoms in total. The molecule has 2 rings (SSSR count). The van der Waals surface area contributed by atoms with Gasteiger partial charge in [-0.1, -0.05) is 30.3 Å². The van der Waals surface area contributed by atoms with Crippen LogP contribution in [-0.4, -0.2) is 24.6 Å². The molecule has 0 fully saturated rings. The maximum atomic E-state index is 11.1. The summed E-state index contributed by atoms with van der Waals surface area (Å²) in [5.74, 6) is 0. The van der Waals surface area contributed by atoms with Gasteiger partial charge in [0.15, 0.2) is 0 Å². The van der Waals surface area contributed by atoms with Crippen LogP contribution in [0.5, 0.6) is 0 Å². The van der Waals surface area contributed by atoms with Gasteiger partial charge in [0.1, 0.15) is 5.69 Å². The Kier molecular flexibility index (Phi) is 4.95. The van der Waals surface area contributed by atoms with Crippen molar-refractivity contribution < 1.29 is 4.92 Å². The molecule has 1 atom stereocenters. The fourth-order valence-electron chi connectivity index (χ4n) is 2.44. The van der Waals surface area contributed by atoms with Gasteiger partial charge >= 0.3 is 0 Å². The predicted octanol–water partition coefficient (Wildman–Crippen LogP) is 2.18. The Morgan fingerprint density at radius 2 is 1.91 bits per heavy atom. The zero-order chi connectivity index (χ0) is 16.1.